The maximum atomic E-state index is 5.62. The van der Waals surface area contributed by atoms with Crippen molar-refractivity contribution in [3.8, 4) is 0 Å². The maximum absolute atomic E-state index is 5.62. The average molecular weight is 240 g/mol. The van der Waals surface area contributed by atoms with Crippen LogP contribution >= 0.6 is 0 Å². The molecule has 17 heavy (non-hydrogen) atoms. The zero-order chi connectivity index (χ0) is 12.7. The van der Waals surface area contributed by atoms with Gasteiger partial charge < -0.3 is 4.90 Å². The van der Waals surface area contributed by atoms with Crippen LogP contribution in [-0.2, 0) is 0 Å². The van der Waals surface area contributed by atoms with Crippen molar-refractivity contribution < 1.29 is 0 Å². The van der Waals surface area contributed by atoms with Crippen LogP contribution in [0.5, 0.6) is 0 Å². The first-order valence-electron chi connectivity index (χ1n) is 7.00. The summed E-state index contributed by atoms with van der Waals surface area (Å²) in [6.45, 7) is 4.42. The molecule has 0 aromatic carbocycles. The molecule has 1 aliphatic carbocycles. The van der Waals surface area contributed by atoms with Gasteiger partial charge in [0, 0.05) is 13.1 Å². The number of rotatable bonds is 4. The van der Waals surface area contributed by atoms with Crippen LogP contribution in [0.4, 0.5) is 0 Å². The van der Waals surface area contributed by atoms with Gasteiger partial charge in [-0.15, -0.1) is 0 Å². The van der Waals surface area contributed by atoms with Gasteiger partial charge in [0.15, 0.2) is 0 Å². The lowest BCUT2D eigenvalue weighted by molar-refractivity contribution is 0.329. The molecule has 1 saturated carbocycles. The molecule has 1 rings (SSSR count). The average Bonchev–Trinajstić information content (AvgIpc) is 2.38. The lowest BCUT2D eigenvalue weighted by atomic mass is 9.96. The molecule has 100 valence electrons. The number of nitrogens with one attached hydrogen (secondary N) is 1. The Bertz CT molecular complexity index is 230. The quantitative estimate of drug-likeness (QED) is 0.343. The molecule has 0 aliphatic heterocycles. The summed E-state index contributed by atoms with van der Waals surface area (Å²) in [5, 5.41) is 0. The minimum absolute atomic E-state index is 0.464. The molecule has 3 N–H and O–H groups in total. The summed E-state index contributed by atoms with van der Waals surface area (Å²) in [5.74, 6) is 6.47. The van der Waals surface area contributed by atoms with Crippen molar-refractivity contribution in [3.05, 3.63) is 0 Å². The van der Waals surface area contributed by atoms with Gasteiger partial charge in [-0.1, -0.05) is 33.1 Å². The predicted octanol–water partition coefficient (Wildman–Crippen LogP) is 2.26. The van der Waals surface area contributed by atoms with Crippen LogP contribution in [0, 0.1) is 0 Å². The van der Waals surface area contributed by atoms with E-state index in [1.165, 1.54) is 32.1 Å². The van der Waals surface area contributed by atoms with Crippen LogP contribution in [0.25, 0.3) is 0 Å². The number of nitrogens with zero attached hydrogens (tertiary/aromatic N) is 2. The van der Waals surface area contributed by atoms with E-state index in [-0.39, 0.29) is 0 Å². The first-order valence-corrected chi connectivity index (χ1v) is 7.00. The van der Waals surface area contributed by atoms with E-state index < -0.39 is 0 Å². The van der Waals surface area contributed by atoms with Crippen molar-refractivity contribution in [3.63, 3.8) is 0 Å². The summed E-state index contributed by atoms with van der Waals surface area (Å²) in [5.41, 5.74) is 2.77. The van der Waals surface area contributed by atoms with Gasteiger partial charge in [0.05, 0.1) is 6.04 Å². The van der Waals surface area contributed by atoms with Gasteiger partial charge in [-0.3, -0.25) is 5.43 Å². The highest BCUT2D eigenvalue weighted by Gasteiger charge is 2.17. The number of hydrogen-bond donors (Lipinski definition) is 2. The van der Waals surface area contributed by atoms with Gasteiger partial charge in [0.25, 0.3) is 0 Å². The van der Waals surface area contributed by atoms with Gasteiger partial charge in [-0.05, 0) is 25.7 Å². The van der Waals surface area contributed by atoms with Gasteiger partial charge in [0.2, 0.25) is 5.96 Å². The molecule has 4 nitrogen and oxygen atoms in total. The van der Waals surface area contributed by atoms with E-state index in [9.17, 15) is 0 Å². The SMILES string of the molecule is CCC(CC)N(C)C(=NC1CCCCC1)NN. The second kappa shape index (κ2) is 7.54. The third-order valence-corrected chi connectivity index (χ3v) is 3.83. The maximum Gasteiger partial charge on any atom is 0.208 e. The minimum atomic E-state index is 0.464. The summed E-state index contributed by atoms with van der Waals surface area (Å²) >= 11 is 0. The Kier molecular flexibility index (Phi) is 6.34. The van der Waals surface area contributed by atoms with Gasteiger partial charge in [-0.25, -0.2) is 10.8 Å². The van der Waals surface area contributed by atoms with E-state index in [1.54, 1.807) is 0 Å². The first-order chi connectivity index (χ1) is 8.22. The third-order valence-electron chi connectivity index (χ3n) is 3.83. The lowest BCUT2D eigenvalue weighted by Gasteiger charge is -2.30. The predicted molar refractivity (Wildman–Crippen MR) is 73.8 cm³/mol. The zero-order valence-corrected chi connectivity index (χ0v) is 11.6. The van der Waals surface area contributed by atoms with Crippen LogP contribution in [0.3, 0.4) is 0 Å². The number of guanidine groups is 1. The van der Waals surface area contributed by atoms with E-state index in [4.69, 9.17) is 10.8 Å². The molecular formula is C13H28N4. The smallest absolute Gasteiger partial charge is 0.208 e. The molecule has 0 saturated heterocycles. The van der Waals surface area contributed by atoms with Crippen molar-refractivity contribution in [2.24, 2.45) is 10.8 Å². The van der Waals surface area contributed by atoms with Crippen molar-refractivity contribution in [2.45, 2.75) is 70.9 Å². The van der Waals surface area contributed by atoms with E-state index in [0.29, 0.717) is 12.1 Å². The molecule has 1 aliphatic rings. The number of nitrogens with two attached hydrogens (primary N) is 1. The molecule has 0 bridgehead atoms. The fourth-order valence-corrected chi connectivity index (χ4v) is 2.62. The molecule has 0 heterocycles. The Morgan fingerprint density at radius 3 is 2.35 bits per heavy atom. The molecule has 4 heteroatoms. The highest BCUT2D eigenvalue weighted by Crippen LogP contribution is 2.20. The summed E-state index contributed by atoms with van der Waals surface area (Å²) in [6, 6.07) is 0.986. The Labute approximate surface area is 106 Å². The second-order valence-corrected chi connectivity index (χ2v) is 4.97. The van der Waals surface area contributed by atoms with Crippen LogP contribution in [0.1, 0.15) is 58.8 Å². The topological polar surface area (TPSA) is 53.6 Å². The van der Waals surface area contributed by atoms with E-state index in [0.717, 1.165) is 18.8 Å². The molecule has 0 amide bonds. The Balaban J connectivity index is 2.64. The van der Waals surface area contributed by atoms with E-state index in [2.05, 4.69) is 31.2 Å². The summed E-state index contributed by atoms with van der Waals surface area (Å²) < 4.78 is 0. The van der Waals surface area contributed by atoms with Crippen molar-refractivity contribution >= 4 is 5.96 Å². The summed E-state index contributed by atoms with van der Waals surface area (Å²) in [6.07, 6.45) is 8.64. The summed E-state index contributed by atoms with van der Waals surface area (Å²) in [4.78, 5) is 6.97. The number of hydrogen-bond acceptors (Lipinski definition) is 2. The minimum Gasteiger partial charge on any atom is -0.342 e. The number of hydrazine groups is 1. The molecule has 0 atom stereocenters. The van der Waals surface area contributed by atoms with Crippen LogP contribution < -0.4 is 11.3 Å². The molecular weight excluding hydrogens is 212 g/mol. The fraction of sp³-hybridized carbons (Fsp3) is 0.923. The standard InChI is InChI=1S/C13H28N4/c1-4-12(5-2)17(3)13(16-14)15-11-9-7-6-8-10-11/h11-12H,4-10,14H2,1-3H3,(H,15,16). The van der Waals surface area contributed by atoms with Crippen molar-refractivity contribution in [2.75, 3.05) is 7.05 Å². The van der Waals surface area contributed by atoms with Crippen LogP contribution in [-0.4, -0.2) is 30.0 Å². The molecule has 0 aromatic rings. The normalized spacial score (nSPS) is 18.5. The second-order valence-electron chi connectivity index (χ2n) is 4.97. The molecule has 0 unspecified atom stereocenters. The van der Waals surface area contributed by atoms with E-state index in [1.807, 2.05) is 0 Å². The van der Waals surface area contributed by atoms with Gasteiger partial charge in [0.1, 0.15) is 0 Å². The molecule has 0 radical (unpaired) electrons. The lowest BCUT2D eigenvalue weighted by Crippen LogP contribution is -2.47. The molecule has 0 aromatic heterocycles. The Morgan fingerprint density at radius 2 is 1.88 bits per heavy atom. The first kappa shape index (κ1) is 14.3. The van der Waals surface area contributed by atoms with Crippen LogP contribution in [0.15, 0.2) is 4.99 Å². The van der Waals surface area contributed by atoms with Crippen molar-refractivity contribution in [1.82, 2.24) is 10.3 Å². The fourth-order valence-electron chi connectivity index (χ4n) is 2.62. The van der Waals surface area contributed by atoms with Crippen LogP contribution in [0.2, 0.25) is 0 Å². The van der Waals surface area contributed by atoms with Gasteiger partial charge >= 0.3 is 0 Å². The summed E-state index contributed by atoms with van der Waals surface area (Å²) in [7, 11) is 2.08. The largest absolute Gasteiger partial charge is 0.342 e. The zero-order valence-electron chi connectivity index (χ0n) is 11.6. The highest BCUT2D eigenvalue weighted by atomic mass is 15.4. The van der Waals surface area contributed by atoms with Crippen molar-refractivity contribution in [1.29, 1.82) is 0 Å². The monoisotopic (exact) mass is 240 g/mol. The highest BCUT2D eigenvalue weighted by molar-refractivity contribution is 5.79. The number of aliphatic imine (C=N–C) groups is 1. The molecule has 0 spiro atoms. The Morgan fingerprint density at radius 1 is 1.29 bits per heavy atom. The van der Waals surface area contributed by atoms with Gasteiger partial charge in [-0.2, -0.15) is 0 Å². The molecule has 1 fully saturated rings. The van der Waals surface area contributed by atoms with E-state index >= 15 is 0 Å². The Hall–Kier alpha value is -0.770. The third kappa shape index (κ3) is 4.19.